The van der Waals surface area contributed by atoms with Crippen molar-refractivity contribution in [3.05, 3.63) is 81.8 Å². The molecule has 7 heteroatoms. The van der Waals surface area contributed by atoms with E-state index in [0.717, 1.165) is 17.7 Å². The molecule has 1 heterocycles. The maximum Gasteiger partial charge on any atom is 0.252 e. The Balaban J connectivity index is 0.000000405. The highest BCUT2D eigenvalue weighted by molar-refractivity contribution is 7.99. The molecule has 0 bridgehead atoms. The maximum absolute atomic E-state index is 13.1. The molecule has 0 aliphatic carbocycles. The molecule has 0 N–H and O–H groups in total. The monoisotopic (exact) mass is 527 g/mol. The number of amides is 1. The Morgan fingerprint density at radius 3 is 2.24 bits per heavy atom. The van der Waals surface area contributed by atoms with Crippen LogP contribution in [0.3, 0.4) is 0 Å². The summed E-state index contributed by atoms with van der Waals surface area (Å²) < 4.78 is 5.88. The average Bonchev–Trinajstić information content (AvgIpc) is 2.77. The van der Waals surface area contributed by atoms with E-state index in [2.05, 4.69) is 32.3 Å². The summed E-state index contributed by atoms with van der Waals surface area (Å²) in [6, 6.07) is 14.9. The zero-order valence-electron chi connectivity index (χ0n) is 19.3. The van der Waals surface area contributed by atoms with Crippen LogP contribution in [0.2, 0.25) is 15.1 Å². The molecule has 0 saturated carbocycles. The second-order valence-electron chi connectivity index (χ2n) is 8.04. The van der Waals surface area contributed by atoms with Crippen LogP contribution < -0.4 is 0 Å². The van der Waals surface area contributed by atoms with E-state index in [4.69, 9.17) is 39.5 Å². The van der Waals surface area contributed by atoms with Crippen molar-refractivity contribution in [2.24, 2.45) is 0 Å². The summed E-state index contributed by atoms with van der Waals surface area (Å²) in [5, 5.41) is 2.60. The summed E-state index contributed by atoms with van der Waals surface area (Å²) in [7, 11) is 0. The predicted octanol–water partition coefficient (Wildman–Crippen LogP) is 8.10. The molecule has 2 aromatic rings. The second kappa shape index (κ2) is 14.3. The fourth-order valence-corrected chi connectivity index (χ4v) is 5.10. The standard InChI is InChI=1S/C20H28ClNO2S.C6H4Cl2/c1-5-7-19-20(23)22(17(6-2)13-25-14(3)4)18(12-24-19)15-8-10-16(21)11-9-15;7-5-2-1-3-6(8)4-5/h5,8-11,14,17-19H,1,6-7,12-13H2,2-4H3;1-4H. The number of halogens is 3. The Morgan fingerprint density at radius 2 is 1.76 bits per heavy atom. The smallest absolute Gasteiger partial charge is 0.252 e. The van der Waals surface area contributed by atoms with Gasteiger partial charge in [-0.05, 0) is 47.6 Å². The molecule has 1 saturated heterocycles. The first-order valence-corrected chi connectivity index (χ1v) is 13.3. The van der Waals surface area contributed by atoms with Crippen LogP contribution in [-0.4, -0.2) is 40.6 Å². The van der Waals surface area contributed by atoms with Gasteiger partial charge < -0.3 is 9.64 Å². The van der Waals surface area contributed by atoms with E-state index < -0.39 is 6.10 Å². The molecule has 3 rings (SSSR count). The minimum Gasteiger partial charge on any atom is -0.366 e. The van der Waals surface area contributed by atoms with Crippen molar-refractivity contribution in [3.63, 3.8) is 0 Å². The van der Waals surface area contributed by atoms with Crippen molar-refractivity contribution in [3.8, 4) is 0 Å². The lowest BCUT2D eigenvalue weighted by atomic mass is 9.99. The maximum atomic E-state index is 13.1. The molecule has 180 valence electrons. The molecule has 1 aliphatic rings. The highest BCUT2D eigenvalue weighted by Crippen LogP contribution is 2.33. The number of carbonyl (C=O) groups excluding carboxylic acids is 1. The number of carbonyl (C=O) groups is 1. The fourth-order valence-electron chi connectivity index (χ4n) is 3.53. The van der Waals surface area contributed by atoms with Gasteiger partial charge in [0.05, 0.1) is 12.6 Å². The molecule has 1 amide bonds. The lowest BCUT2D eigenvalue weighted by Crippen LogP contribution is -2.54. The van der Waals surface area contributed by atoms with Gasteiger partial charge in [0.2, 0.25) is 0 Å². The van der Waals surface area contributed by atoms with Crippen LogP contribution in [0.1, 0.15) is 45.2 Å². The Morgan fingerprint density at radius 1 is 1.12 bits per heavy atom. The van der Waals surface area contributed by atoms with Crippen LogP contribution >= 0.6 is 46.6 Å². The molecule has 1 fully saturated rings. The van der Waals surface area contributed by atoms with Crippen LogP contribution in [0.4, 0.5) is 0 Å². The van der Waals surface area contributed by atoms with Crippen LogP contribution in [0, 0.1) is 0 Å². The van der Waals surface area contributed by atoms with Gasteiger partial charge in [-0.3, -0.25) is 4.79 Å². The average molecular weight is 529 g/mol. The summed E-state index contributed by atoms with van der Waals surface area (Å²) in [5.41, 5.74) is 1.07. The van der Waals surface area contributed by atoms with Gasteiger partial charge in [0.15, 0.2) is 0 Å². The number of hydrogen-bond acceptors (Lipinski definition) is 3. The van der Waals surface area contributed by atoms with E-state index in [1.807, 2.05) is 42.1 Å². The number of hydrogen-bond donors (Lipinski definition) is 0. The Bertz CT molecular complexity index is 874. The SMILES string of the molecule is C=CCC1OCC(c2ccc(Cl)cc2)N(C(CC)CSC(C)C)C1=O.Clc1cccc(Cl)c1. The number of ether oxygens (including phenoxy) is 1. The van der Waals surface area contributed by atoms with Crippen LogP contribution in [0.25, 0.3) is 0 Å². The van der Waals surface area contributed by atoms with E-state index >= 15 is 0 Å². The van der Waals surface area contributed by atoms with Crippen molar-refractivity contribution in [1.82, 2.24) is 4.90 Å². The summed E-state index contributed by atoms with van der Waals surface area (Å²) >= 11 is 19.0. The third-order valence-corrected chi connectivity index (χ3v) is 7.20. The largest absolute Gasteiger partial charge is 0.366 e. The summed E-state index contributed by atoms with van der Waals surface area (Å²) in [6.45, 7) is 10.8. The zero-order chi connectivity index (χ0) is 24.4. The lowest BCUT2D eigenvalue weighted by molar-refractivity contribution is -0.163. The third-order valence-electron chi connectivity index (χ3n) is 5.23. The quantitative estimate of drug-likeness (QED) is 0.324. The zero-order valence-corrected chi connectivity index (χ0v) is 22.4. The highest BCUT2D eigenvalue weighted by Gasteiger charge is 2.39. The molecule has 3 atom stereocenters. The first-order valence-electron chi connectivity index (χ1n) is 11.1. The summed E-state index contributed by atoms with van der Waals surface area (Å²) in [5.74, 6) is 1.01. The first kappa shape index (κ1) is 28.1. The van der Waals surface area contributed by atoms with E-state index in [0.29, 0.717) is 33.3 Å². The van der Waals surface area contributed by atoms with Gasteiger partial charge >= 0.3 is 0 Å². The highest BCUT2D eigenvalue weighted by atomic mass is 35.5. The van der Waals surface area contributed by atoms with Gasteiger partial charge in [0.1, 0.15) is 6.10 Å². The molecule has 3 unspecified atom stereocenters. The van der Waals surface area contributed by atoms with Gasteiger partial charge in [-0.1, -0.05) is 79.8 Å². The topological polar surface area (TPSA) is 29.5 Å². The molecule has 33 heavy (non-hydrogen) atoms. The molecule has 0 spiro atoms. The number of nitrogens with zero attached hydrogens (tertiary/aromatic N) is 1. The van der Waals surface area contributed by atoms with Crippen LogP contribution in [-0.2, 0) is 9.53 Å². The fraction of sp³-hybridized carbons (Fsp3) is 0.423. The number of rotatable bonds is 8. The molecule has 1 aliphatic heterocycles. The Kier molecular flexibility index (Phi) is 12.1. The van der Waals surface area contributed by atoms with Crippen LogP contribution in [0.5, 0.6) is 0 Å². The van der Waals surface area contributed by atoms with E-state index in [-0.39, 0.29) is 18.0 Å². The molecule has 2 aromatic carbocycles. The van der Waals surface area contributed by atoms with E-state index in [1.165, 1.54) is 0 Å². The minimum absolute atomic E-state index is 0.0662. The van der Waals surface area contributed by atoms with Crippen molar-refractivity contribution in [2.75, 3.05) is 12.4 Å². The van der Waals surface area contributed by atoms with Gasteiger partial charge in [0, 0.05) is 33.3 Å². The molecular formula is C26H32Cl3NO2S. The first-order chi connectivity index (χ1) is 15.8. The summed E-state index contributed by atoms with van der Waals surface area (Å²) in [6.07, 6.45) is 2.82. The van der Waals surface area contributed by atoms with Gasteiger partial charge in [-0.2, -0.15) is 11.8 Å². The second-order valence-corrected chi connectivity index (χ2v) is 11.0. The number of morpholine rings is 1. The van der Waals surface area contributed by atoms with Crippen LogP contribution in [0.15, 0.2) is 61.2 Å². The lowest BCUT2D eigenvalue weighted by Gasteiger charge is -2.44. The van der Waals surface area contributed by atoms with Gasteiger partial charge in [0.25, 0.3) is 5.91 Å². The van der Waals surface area contributed by atoms with Crippen molar-refractivity contribution in [1.29, 1.82) is 0 Å². The third kappa shape index (κ3) is 8.84. The van der Waals surface area contributed by atoms with E-state index in [9.17, 15) is 4.79 Å². The summed E-state index contributed by atoms with van der Waals surface area (Å²) in [4.78, 5) is 15.2. The van der Waals surface area contributed by atoms with Crippen molar-refractivity contribution in [2.45, 2.75) is 57.1 Å². The van der Waals surface area contributed by atoms with Gasteiger partial charge in [-0.25, -0.2) is 0 Å². The van der Waals surface area contributed by atoms with E-state index in [1.54, 1.807) is 24.3 Å². The van der Waals surface area contributed by atoms with Crippen molar-refractivity contribution < 1.29 is 9.53 Å². The number of benzene rings is 2. The normalized spacial score (nSPS) is 19.1. The molecule has 0 aromatic heterocycles. The van der Waals surface area contributed by atoms with Gasteiger partial charge in [-0.15, -0.1) is 6.58 Å². The predicted molar refractivity (Wildman–Crippen MR) is 144 cm³/mol. The molecule has 0 radical (unpaired) electrons. The van der Waals surface area contributed by atoms with Crippen molar-refractivity contribution >= 4 is 52.5 Å². The molecular weight excluding hydrogens is 497 g/mol. The number of thioether (sulfide) groups is 1. The Labute approximate surface area is 217 Å². The molecule has 3 nitrogen and oxygen atoms in total. The minimum atomic E-state index is -0.417. The Hall–Kier alpha value is -1.17.